The van der Waals surface area contributed by atoms with Gasteiger partial charge in [0.15, 0.2) is 0 Å². The van der Waals surface area contributed by atoms with Crippen LogP contribution in [0.4, 0.5) is 0 Å². The number of benzene rings is 3. The molecule has 0 spiro atoms. The van der Waals surface area contributed by atoms with Gasteiger partial charge >= 0.3 is 0 Å². The summed E-state index contributed by atoms with van der Waals surface area (Å²) >= 11 is 0. The van der Waals surface area contributed by atoms with Crippen molar-refractivity contribution in [3.63, 3.8) is 0 Å². The first kappa shape index (κ1) is 18.2. The molecule has 0 bridgehead atoms. The minimum Gasteiger partial charge on any atom is -0.476 e. The Hall–Kier alpha value is -3.58. The fraction of sp³-hybridized carbons (Fsp3) is 0.130. The van der Waals surface area contributed by atoms with Crippen molar-refractivity contribution in [2.45, 2.75) is 6.10 Å². The summed E-state index contributed by atoms with van der Waals surface area (Å²) in [6.45, 7) is 0. The number of nitriles is 1. The van der Waals surface area contributed by atoms with E-state index in [1.165, 1.54) is 4.90 Å². The van der Waals surface area contributed by atoms with Gasteiger partial charge in [0, 0.05) is 19.7 Å². The summed E-state index contributed by atoms with van der Waals surface area (Å²) < 4.78 is 6.02. The van der Waals surface area contributed by atoms with Gasteiger partial charge in [0.05, 0.1) is 11.6 Å². The number of rotatable bonds is 5. The van der Waals surface area contributed by atoms with E-state index in [0.717, 1.165) is 16.7 Å². The molecule has 1 amide bonds. The van der Waals surface area contributed by atoms with Crippen molar-refractivity contribution in [3.8, 4) is 22.9 Å². The molecular formula is C23H20N2O2. The second-order valence-electron chi connectivity index (χ2n) is 6.35. The summed E-state index contributed by atoms with van der Waals surface area (Å²) in [4.78, 5) is 14.1. The maximum absolute atomic E-state index is 12.6. The highest BCUT2D eigenvalue weighted by molar-refractivity contribution is 5.82. The van der Waals surface area contributed by atoms with Crippen LogP contribution in [0.25, 0.3) is 11.1 Å². The number of hydrogen-bond acceptors (Lipinski definition) is 3. The van der Waals surface area contributed by atoms with Crippen molar-refractivity contribution in [2.75, 3.05) is 14.1 Å². The van der Waals surface area contributed by atoms with Gasteiger partial charge in [-0.15, -0.1) is 0 Å². The van der Waals surface area contributed by atoms with Crippen LogP contribution in [-0.2, 0) is 4.79 Å². The zero-order chi connectivity index (χ0) is 19.2. The van der Waals surface area contributed by atoms with Crippen LogP contribution in [0.5, 0.6) is 5.75 Å². The Balaban J connectivity index is 1.82. The van der Waals surface area contributed by atoms with E-state index in [1.807, 2.05) is 66.7 Å². The Kier molecular flexibility index (Phi) is 5.53. The lowest BCUT2D eigenvalue weighted by molar-refractivity contribution is -0.136. The van der Waals surface area contributed by atoms with E-state index < -0.39 is 6.10 Å². The van der Waals surface area contributed by atoms with Crippen LogP contribution in [0.3, 0.4) is 0 Å². The van der Waals surface area contributed by atoms with Crippen LogP contribution < -0.4 is 4.74 Å². The van der Waals surface area contributed by atoms with Gasteiger partial charge in [-0.1, -0.05) is 54.6 Å². The fourth-order valence-electron chi connectivity index (χ4n) is 2.72. The minimum atomic E-state index is -0.693. The van der Waals surface area contributed by atoms with Crippen molar-refractivity contribution >= 4 is 5.91 Å². The molecule has 0 N–H and O–H groups in total. The molecule has 3 rings (SSSR count). The third-order valence-corrected chi connectivity index (χ3v) is 4.22. The zero-order valence-electron chi connectivity index (χ0n) is 15.3. The number of hydrogen-bond donors (Lipinski definition) is 0. The summed E-state index contributed by atoms with van der Waals surface area (Å²) in [7, 11) is 3.44. The predicted octanol–water partition coefficient (Wildman–Crippen LogP) is 4.43. The SMILES string of the molecule is CN(C)C(=O)C(Oc1ccc(-c2ccc(C#N)cc2)cc1)c1ccccc1. The second kappa shape index (κ2) is 8.20. The summed E-state index contributed by atoms with van der Waals surface area (Å²) in [5.74, 6) is 0.508. The summed E-state index contributed by atoms with van der Waals surface area (Å²) in [6, 6.07) is 26.6. The molecule has 4 nitrogen and oxygen atoms in total. The van der Waals surface area contributed by atoms with Crippen LogP contribution in [0.1, 0.15) is 17.2 Å². The van der Waals surface area contributed by atoms with Crippen LogP contribution >= 0.6 is 0 Å². The molecule has 1 unspecified atom stereocenters. The third kappa shape index (κ3) is 4.34. The molecule has 0 aromatic heterocycles. The quantitative estimate of drug-likeness (QED) is 0.679. The van der Waals surface area contributed by atoms with Crippen molar-refractivity contribution < 1.29 is 9.53 Å². The Labute approximate surface area is 159 Å². The lowest BCUT2D eigenvalue weighted by Crippen LogP contribution is -2.31. The number of ether oxygens (including phenoxy) is 1. The maximum atomic E-state index is 12.6. The highest BCUT2D eigenvalue weighted by Gasteiger charge is 2.24. The highest BCUT2D eigenvalue weighted by Crippen LogP contribution is 2.27. The topological polar surface area (TPSA) is 53.3 Å². The Morgan fingerprint density at radius 1 is 0.889 bits per heavy atom. The fourth-order valence-corrected chi connectivity index (χ4v) is 2.72. The standard InChI is InChI=1S/C23H20N2O2/c1-25(2)23(26)22(20-6-4-3-5-7-20)27-21-14-12-19(13-15-21)18-10-8-17(16-24)9-11-18/h3-15,22H,1-2H3. The molecule has 27 heavy (non-hydrogen) atoms. The number of nitrogens with zero attached hydrogens (tertiary/aromatic N) is 2. The van der Waals surface area contributed by atoms with Gasteiger partial charge in [0.25, 0.3) is 5.91 Å². The number of likely N-dealkylation sites (N-methyl/N-ethyl adjacent to an activating group) is 1. The van der Waals surface area contributed by atoms with E-state index in [4.69, 9.17) is 10.00 Å². The van der Waals surface area contributed by atoms with Gasteiger partial charge in [0.1, 0.15) is 5.75 Å². The van der Waals surface area contributed by atoms with Crippen molar-refractivity contribution in [1.82, 2.24) is 4.90 Å². The van der Waals surface area contributed by atoms with Crippen LogP contribution in [-0.4, -0.2) is 24.9 Å². The van der Waals surface area contributed by atoms with Crippen molar-refractivity contribution in [2.24, 2.45) is 0 Å². The Morgan fingerprint density at radius 3 is 1.96 bits per heavy atom. The molecule has 134 valence electrons. The van der Waals surface area contributed by atoms with Gasteiger partial charge < -0.3 is 9.64 Å². The number of amides is 1. The largest absolute Gasteiger partial charge is 0.476 e. The van der Waals surface area contributed by atoms with Gasteiger partial charge in [0.2, 0.25) is 6.10 Å². The Bertz CT molecular complexity index is 940. The number of carbonyl (C=O) groups excluding carboxylic acids is 1. The molecule has 3 aromatic carbocycles. The molecular weight excluding hydrogens is 336 g/mol. The summed E-state index contributed by atoms with van der Waals surface area (Å²) in [5.41, 5.74) is 3.48. The van der Waals surface area contributed by atoms with Crippen LogP contribution in [0, 0.1) is 11.3 Å². The molecule has 0 saturated heterocycles. The van der Waals surface area contributed by atoms with E-state index in [1.54, 1.807) is 26.2 Å². The summed E-state index contributed by atoms with van der Waals surface area (Å²) in [5, 5.41) is 8.90. The lowest BCUT2D eigenvalue weighted by atomic mass is 10.0. The number of carbonyl (C=O) groups is 1. The van der Waals surface area contributed by atoms with Gasteiger partial charge in [-0.2, -0.15) is 5.26 Å². The van der Waals surface area contributed by atoms with E-state index in [9.17, 15) is 4.79 Å². The minimum absolute atomic E-state index is 0.114. The molecule has 0 aliphatic rings. The van der Waals surface area contributed by atoms with Crippen LogP contribution in [0.15, 0.2) is 78.9 Å². The van der Waals surface area contributed by atoms with E-state index in [2.05, 4.69) is 6.07 Å². The average molecular weight is 356 g/mol. The van der Waals surface area contributed by atoms with Crippen molar-refractivity contribution in [1.29, 1.82) is 5.26 Å². The molecule has 4 heteroatoms. The molecule has 0 saturated carbocycles. The van der Waals surface area contributed by atoms with E-state index in [-0.39, 0.29) is 5.91 Å². The highest BCUT2D eigenvalue weighted by atomic mass is 16.5. The predicted molar refractivity (Wildman–Crippen MR) is 105 cm³/mol. The Morgan fingerprint density at radius 2 is 1.44 bits per heavy atom. The molecule has 0 heterocycles. The molecule has 3 aromatic rings. The first-order chi connectivity index (χ1) is 13.1. The van der Waals surface area contributed by atoms with E-state index >= 15 is 0 Å². The molecule has 0 aliphatic heterocycles. The van der Waals surface area contributed by atoms with Gasteiger partial charge in [-0.05, 0) is 35.4 Å². The summed E-state index contributed by atoms with van der Waals surface area (Å²) in [6.07, 6.45) is -0.693. The first-order valence-corrected chi connectivity index (χ1v) is 8.62. The van der Waals surface area contributed by atoms with Crippen LogP contribution in [0.2, 0.25) is 0 Å². The monoisotopic (exact) mass is 356 g/mol. The molecule has 0 radical (unpaired) electrons. The lowest BCUT2D eigenvalue weighted by Gasteiger charge is -2.22. The van der Waals surface area contributed by atoms with Gasteiger partial charge in [-0.3, -0.25) is 4.79 Å². The third-order valence-electron chi connectivity index (χ3n) is 4.22. The molecule has 0 fully saturated rings. The normalized spacial score (nSPS) is 11.3. The zero-order valence-corrected chi connectivity index (χ0v) is 15.3. The van der Waals surface area contributed by atoms with E-state index in [0.29, 0.717) is 11.3 Å². The second-order valence-corrected chi connectivity index (χ2v) is 6.35. The van der Waals surface area contributed by atoms with Gasteiger partial charge in [-0.25, -0.2) is 0 Å². The van der Waals surface area contributed by atoms with Crippen molar-refractivity contribution in [3.05, 3.63) is 90.0 Å². The maximum Gasteiger partial charge on any atom is 0.267 e. The smallest absolute Gasteiger partial charge is 0.267 e. The first-order valence-electron chi connectivity index (χ1n) is 8.62. The molecule has 0 aliphatic carbocycles. The molecule has 1 atom stereocenters. The average Bonchev–Trinajstić information content (AvgIpc) is 2.72.